The Balaban J connectivity index is 2.44. The molecule has 0 bridgehead atoms. The van der Waals surface area contributed by atoms with Gasteiger partial charge in [0.25, 0.3) is 0 Å². The minimum atomic E-state index is -3.76. The Morgan fingerprint density at radius 1 is 1.09 bits per heavy atom. The minimum Gasteiger partial charge on any atom is -0.350 e. The van der Waals surface area contributed by atoms with Crippen LogP contribution in [0, 0.1) is 13.8 Å². The number of aryl methyl sites for hydroxylation is 2. The molecule has 2 aromatic carbocycles. The molecule has 7 nitrogen and oxygen atoms in total. The topological polar surface area (TPSA) is 86.8 Å². The van der Waals surface area contributed by atoms with Gasteiger partial charge in [-0.1, -0.05) is 45.8 Å². The van der Waals surface area contributed by atoms with Gasteiger partial charge in [0.2, 0.25) is 21.8 Å². The lowest BCUT2D eigenvalue weighted by Gasteiger charge is -2.33. The molecular formula is C25H34BrN3O4S. The molecule has 1 unspecified atom stereocenters. The molecule has 0 aliphatic heterocycles. The fraction of sp³-hybridized carbons (Fsp3) is 0.440. The van der Waals surface area contributed by atoms with Crippen molar-refractivity contribution in [3.05, 3.63) is 63.6 Å². The Morgan fingerprint density at radius 2 is 1.74 bits per heavy atom. The van der Waals surface area contributed by atoms with Gasteiger partial charge in [-0.25, -0.2) is 8.42 Å². The van der Waals surface area contributed by atoms with Crippen LogP contribution in [0.25, 0.3) is 0 Å². The van der Waals surface area contributed by atoms with E-state index in [0.717, 1.165) is 31.7 Å². The summed E-state index contributed by atoms with van der Waals surface area (Å²) in [7, 11) is -3.76. The molecule has 0 aromatic heterocycles. The number of hydrogen-bond acceptors (Lipinski definition) is 4. The Morgan fingerprint density at radius 3 is 2.26 bits per heavy atom. The first-order valence-corrected chi connectivity index (χ1v) is 13.6. The zero-order chi connectivity index (χ0) is 25.8. The second-order valence-corrected chi connectivity index (χ2v) is 12.4. The van der Waals surface area contributed by atoms with Crippen molar-refractivity contribution in [2.45, 2.75) is 59.7 Å². The van der Waals surface area contributed by atoms with Crippen LogP contribution in [0.15, 0.2) is 46.9 Å². The molecule has 0 aliphatic rings. The third-order valence-electron chi connectivity index (χ3n) is 5.21. The maximum atomic E-state index is 13.6. The minimum absolute atomic E-state index is 0.154. The first kappa shape index (κ1) is 27.9. The average Bonchev–Trinajstić information content (AvgIpc) is 2.68. The molecule has 1 atom stereocenters. The molecule has 1 N–H and O–H groups in total. The number of anilines is 1. The van der Waals surface area contributed by atoms with Crippen LogP contribution >= 0.6 is 15.9 Å². The van der Waals surface area contributed by atoms with E-state index in [2.05, 4.69) is 21.2 Å². The molecule has 0 spiro atoms. The highest BCUT2D eigenvalue weighted by Crippen LogP contribution is 2.24. The number of carbonyl (C=O) groups is 2. The highest BCUT2D eigenvalue weighted by Gasteiger charge is 2.31. The van der Waals surface area contributed by atoms with Gasteiger partial charge in [-0.2, -0.15) is 0 Å². The molecule has 186 valence electrons. The Hall–Kier alpha value is -2.39. The van der Waals surface area contributed by atoms with Crippen molar-refractivity contribution in [2.75, 3.05) is 17.1 Å². The molecule has 2 rings (SSSR count). The molecular weight excluding hydrogens is 518 g/mol. The molecule has 0 heterocycles. The van der Waals surface area contributed by atoms with Crippen LogP contribution in [0.1, 0.15) is 44.4 Å². The van der Waals surface area contributed by atoms with Crippen LogP contribution < -0.4 is 9.62 Å². The van der Waals surface area contributed by atoms with Crippen molar-refractivity contribution in [1.29, 1.82) is 0 Å². The number of hydrogen-bond donors (Lipinski definition) is 1. The van der Waals surface area contributed by atoms with Crippen molar-refractivity contribution in [3.8, 4) is 0 Å². The largest absolute Gasteiger partial charge is 0.350 e. The van der Waals surface area contributed by atoms with Crippen molar-refractivity contribution < 1.29 is 18.0 Å². The van der Waals surface area contributed by atoms with Crippen LogP contribution in [0.2, 0.25) is 0 Å². The number of carbonyl (C=O) groups excluding carboxylic acids is 2. The van der Waals surface area contributed by atoms with E-state index in [-0.39, 0.29) is 12.5 Å². The number of nitrogens with zero attached hydrogens (tertiary/aromatic N) is 2. The Labute approximate surface area is 211 Å². The van der Waals surface area contributed by atoms with Crippen molar-refractivity contribution in [3.63, 3.8) is 0 Å². The fourth-order valence-corrected chi connectivity index (χ4v) is 4.92. The van der Waals surface area contributed by atoms with Gasteiger partial charge in [0.1, 0.15) is 12.6 Å². The zero-order valence-corrected chi connectivity index (χ0v) is 23.2. The third kappa shape index (κ3) is 7.84. The second kappa shape index (κ2) is 10.9. The quantitative estimate of drug-likeness (QED) is 0.533. The van der Waals surface area contributed by atoms with Crippen LogP contribution in [0.3, 0.4) is 0 Å². The van der Waals surface area contributed by atoms with Gasteiger partial charge in [-0.3, -0.25) is 13.9 Å². The SMILES string of the molecule is Cc1ccc(N(CC(=O)N(Cc2cccc(Br)c2)C(C)C(=O)NC(C)(C)C)S(C)(=O)=O)c(C)c1. The molecule has 0 radical (unpaired) electrons. The number of halogens is 1. The summed E-state index contributed by atoms with van der Waals surface area (Å²) in [5, 5.41) is 2.91. The summed E-state index contributed by atoms with van der Waals surface area (Å²) in [6.07, 6.45) is 1.08. The van der Waals surface area contributed by atoms with Gasteiger partial charge >= 0.3 is 0 Å². The summed E-state index contributed by atoms with van der Waals surface area (Å²) in [6, 6.07) is 12.0. The van der Waals surface area contributed by atoms with Crippen LogP contribution in [0.5, 0.6) is 0 Å². The first-order chi connectivity index (χ1) is 15.6. The van der Waals surface area contributed by atoms with E-state index < -0.39 is 34.1 Å². The van der Waals surface area contributed by atoms with Crippen LogP contribution in [0.4, 0.5) is 5.69 Å². The maximum absolute atomic E-state index is 13.6. The van der Waals surface area contributed by atoms with E-state index in [0.29, 0.717) is 5.69 Å². The van der Waals surface area contributed by atoms with Gasteiger partial charge in [-0.15, -0.1) is 0 Å². The van der Waals surface area contributed by atoms with E-state index in [9.17, 15) is 18.0 Å². The van der Waals surface area contributed by atoms with E-state index >= 15 is 0 Å². The van der Waals surface area contributed by atoms with Crippen molar-refractivity contribution in [2.24, 2.45) is 0 Å². The van der Waals surface area contributed by atoms with Crippen LogP contribution in [-0.4, -0.2) is 49.5 Å². The van der Waals surface area contributed by atoms with Gasteiger partial charge in [-0.05, 0) is 70.9 Å². The lowest BCUT2D eigenvalue weighted by atomic mass is 10.1. The smallest absolute Gasteiger partial charge is 0.244 e. The maximum Gasteiger partial charge on any atom is 0.244 e. The van der Waals surface area contributed by atoms with Gasteiger partial charge in [0.05, 0.1) is 11.9 Å². The zero-order valence-electron chi connectivity index (χ0n) is 20.8. The second-order valence-electron chi connectivity index (χ2n) is 9.63. The van der Waals surface area contributed by atoms with Crippen LogP contribution in [-0.2, 0) is 26.2 Å². The Bertz CT molecular complexity index is 1160. The Kier molecular flexibility index (Phi) is 8.93. The predicted octanol–water partition coefficient (Wildman–Crippen LogP) is 4.16. The molecule has 0 aliphatic carbocycles. The number of amides is 2. The third-order valence-corrected chi connectivity index (χ3v) is 6.83. The first-order valence-electron chi connectivity index (χ1n) is 11.0. The fourth-order valence-electron chi connectivity index (χ4n) is 3.57. The molecule has 0 saturated heterocycles. The number of nitrogens with one attached hydrogen (secondary N) is 1. The van der Waals surface area contributed by atoms with E-state index in [4.69, 9.17) is 0 Å². The van der Waals surface area contributed by atoms with Crippen molar-refractivity contribution in [1.82, 2.24) is 10.2 Å². The lowest BCUT2D eigenvalue weighted by Crippen LogP contribution is -2.54. The van der Waals surface area contributed by atoms with Gasteiger partial charge in [0, 0.05) is 16.6 Å². The van der Waals surface area contributed by atoms with E-state index in [1.807, 2.05) is 71.0 Å². The molecule has 2 aromatic rings. The average molecular weight is 553 g/mol. The normalized spacial score (nSPS) is 12.7. The monoisotopic (exact) mass is 551 g/mol. The molecule has 0 fully saturated rings. The summed E-state index contributed by atoms with van der Waals surface area (Å²) in [6.45, 7) is 10.7. The standard InChI is InChI=1S/C25H34BrN3O4S/c1-17-11-12-22(18(2)13-17)29(34(7,32)33)16-23(30)28(15-20-9-8-10-21(26)14-20)19(3)24(31)27-25(4,5)6/h8-14,19H,15-16H2,1-7H3,(H,27,31). The van der Waals surface area contributed by atoms with Gasteiger partial charge < -0.3 is 10.2 Å². The van der Waals surface area contributed by atoms with E-state index in [1.165, 1.54) is 4.90 Å². The molecule has 34 heavy (non-hydrogen) atoms. The summed E-state index contributed by atoms with van der Waals surface area (Å²) in [4.78, 5) is 28.0. The number of sulfonamides is 1. The summed E-state index contributed by atoms with van der Waals surface area (Å²) < 4.78 is 27.3. The molecule has 9 heteroatoms. The molecule has 2 amide bonds. The summed E-state index contributed by atoms with van der Waals surface area (Å²) in [5.41, 5.74) is 2.51. The van der Waals surface area contributed by atoms with Crippen molar-refractivity contribution >= 4 is 43.5 Å². The number of benzene rings is 2. The highest BCUT2D eigenvalue weighted by molar-refractivity contribution is 9.10. The van der Waals surface area contributed by atoms with E-state index in [1.54, 1.807) is 13.0 Å². The van der Waals surface area contributed by atoms with Gasteiger partial charge in [0.15, 0.2) is 0 Å². The molecule has 0 saturated carbocycles. The summed E-state index contributed by atoms with van der Waals surface area (Å²) in [5.74, 6) is -0.782. The lowest BCUT2D eigenvalue weighted by molar-refractivity contribution is -0.140. The highest BCUT2D eigenvalue weighted by atomic mass is 79.9. The predicted molar refractivity (Wildman–Crippen MR) is 140 cm³/mol. The number of rotatable bonds is 8. The summed E-state index contributed by atoms with van der Waals surface area (Å²) >= 11 is 3.44.